The molecule has 4 heteroatoms. The minimum absolute atomic E-state index is 0.0464. The molecule has 0 fully saturated rings. The van der Waals surface area contributed by atoms with Crippen LogP contribution in [0.1, 0.15) is 32.4 Å². The van der Waals surface area contributed by atoms with Crippen LogP contribution in [0.5, 0.6) is 0 Å². The maximum absolute atomic E-state index is 10.9. The quantitative estimate of drug-likeness (QED) is 0.788. The first-order valence-corrected chi connectivity index (χ1v) is 5.62. The summed E-state index contributed by atoms with van der Waals surface area (Å²) in [7, 11) is 0. The molecule has 4 nitrogen and oxygen atoms in total. The molecule has 0 aliphatic carbocycles. The van der Waals surface area contributed by atoms with Crippen LogP contribution in [0, 0.1) is 11.8 Å². The Kier molecular flexibility index (Phi) is 4.12. The third kappa shape index (κ3) is 3.10. The van der Waals surface area contributed by atoms with Crippen molar-refractivity contribution in [1.29, 1.82) is 0 Å². The summed E-state index contributed by atoms with van der Waals surface area (Å²) in [6.45, 7) is 6.62. The van der Waals surface area contributed by atoms with Crippen LogP contribution in [0.4, 0.5) is 0 Å². The fraction of sp³-hybridized carbons (Fsp3) is 0.583. The fourth-order valence-corrected chi connectivity index (χ4v) is 1.56. The van der Waals surface area contributed by atoms with Crippen LogP contribution in [-0.2, 0) is 11.3 Å². The normalized spacial score (nSPS) is 15.1. The van der Waals surface area contributed by atoms with Crippen LogP contribution < -0.4 is 11.5 Å². The number of nitrogens with zero attached hydrogens (tertiary/aromatic N) is 1. The van der Waals surface area contributed by atoms with E-state index in [2.05, 4.69) is 13.8 Å². The second kappa shape index (κ2) is 5.16. The molecule has 4 N–H and O–H groups in total. The van der Waals surface area contributed by atoms with Crippen LogP contribution in [0.2, 0.25) is 0 Å². The minimum Gasteiger partial charge on any atom is -0.369 e. The van der Waals surface area contributed by atoms with Crippen molar-refractivity contribution in [1.82, 2.24) is 4.57 Å². The molecule has 16 heavy (non-hydrogen) atoms. The largest absolute Gasteiger partial charge is 0.369 e. The lowest BCUT2D eigenvalue weighted by molar-refractivity contribution is -0.121. The van der Waals surface area contributed by atoms with E-state index in [4.69, 9.17) is 11.5 Å². The molecule has 0 aromatic carbocycles. The maximum Gasteiger partial charge on any atom is 0.222 e. The summed E-state index contributed by atoms with van der Waals surface area (Å²) in [5.41, 5.74) is 12.4. The van der Waals surface area contributed by atoms with Crippen molar-refractivity contribution in [2.24, 2.45) is 23.3 Å². The Morgan fingerprint density at radius 1 is 1.44 bits per heavy atom. The molecular formula is C12H21N3O. The van der Waals surface area contributed by atoms with Crippen molar-refractivity contribution in [3.05, 3.63) is 24.0 Å². The standard InChI is InChI=1S/C12H21N3O/c1-8(2)11(13)10-4-5-15(7-10)6-9(3)12(14)16/h4-5,7-9,11H,6,13H2,1-3H3,(H2,14,16). The van der Waals surface area contributed by atoms with E-state index in [9.17, 15) is 4.79 Å². The van der Waals surface area contributed by atoms with Gasteiger partial charge in [-0.15, -0.1) is 0 Å². The van der Waals surface area contributed by atoms with Crippen LogP contribution in [0.3, 0.4) is 0 Å². The number of amides is 1. The van der Waals surface area contributed by atoms with Gasteiger partial charge in [0.15, 0.2) is 0 Å². The van der Waals surface area contributed by atoms with Gasteiger partial charge in [-0.1, -0.05) is 20.8 Å². The van der Waals surface area contributed by atoms with Gasteiger partial charge in [-0.2, -0.15) is 0 Å². The second-order valence-corrected chi connectivity index (χ2v) is 4.71. The van der Waals surface area contributed by atoms with Gasteiger partial charge in [-0.25, -0.2) is 0 Å². The zero-order chi connectivity index (χ0) is 12.3. The van der Waals surface area contributed by atoms with Gasteiger partial charge in [0.05, 0.1) is 5.92 Å². The number of carbonyl (C=O) groups is 1. The molecule has 0 radical (unpaired) electrons. The van der Waals surface area contributed by atoms with Crippen molar-refractivity contribution in [3.63, 3.8) is 0 Å². The first kappa shape index (κ1) is 12.8. The van der Waals surface area contributed by atoms with Crippen molar-refractivity contribution in [2.45, 2.75) is 33.4 Å². The van der Waals surface area contributed by atoms with Gasteiger partial charge in [0.2, 0.25) is 5.91 Å². The highest BCUT2D eigenvalue weighted by Gasteiger charge is 2.13. The Balaban J connectivity index is 2.68. The smallest absolute Gasteiger partial charge is 0.222 e. The second-order valence-electron chi connectivity index (χ2n) is 4.71. The lowest BCUT2D eigenvalue weighted by atomic mass is 10.00. The zero-order valence-corrected chi connectivity index (χ0v) is 10.2. The minimum atomic E-state index is -0.275. The van der Waals surface area contributed by atoms with Crippen LogP contribution >= 0.6 is 0 Å². The van der Waals surface area contributed by atoms with Crippen LogP contribution in [0.15, 0.2) is 18.5 Å². The average Bonchev–Trinajstić information content (AvgIpc) is 2.64. The van der Waals surface area contributed by atoms with Crippen molar-refractivity contribution in [2.75, 3.05) is 0 Å². The van der Waals surface area contributed by atoms with Crippen LogP contribution in [-0.4, -0.2) is 10.5 Å². The van der Waals surface area contributed by atoms with Crippen molar-refractivity contribution >= 4 is 5.91 Å². The molecule has 0 spiro atoms. The molecule has 0 saturated heterocycles. The first-order valence-electron chi connectivity index (χ1n) is 5.62. The molecule has 1 amide bonds. The van der Waals surface area contributed by atoms with E-state index in [1.165, 1.54) is 0 Å². The molecule has 90 valence electrons. The topological polar surface area (TPSA) is 74.0 Å². The number of primary amides is 1. The Morgan fingerprint density at radius 3 is 2.56 bits per heavy atom. The van der Waals surface area contributed by atoms with Gasteiger partial charge in [0.25, 0.3) is 0 Å². The van der Waals surface area contributed by atoms with E-state index >= 15 is 0 Å². The molecule has 0 aliphatic rings. The Morgan fingerprint density at radius 2 is 2.06 bits per heavy atom. The SMILES string of the molecule is CC(Cn1ccc(C(N)C(C)C)c1)C(N)=O. The van der Waals surface area contributed by atoms with Gasteiger partial charge in [0, 0.05) is 25.0 Å². The highest BCUT2D eigenvalue weighted by atomic mass is 16.1. The third-order valence-corrected chi connectivity index (χ3v) is 2.85. The van der Waals surface area contributed by atoms with Crippen molar-refractivity contribution < 1.29 is 4.79 Å². The van der Waals surface area contributed by atoms with Gasteiger partial charge in [-0.05, 0) is 17.5 Å². The van der Waals surface area contributed by atoms with E-state index in [-0.39, 0.29) is 17.9 Å². The molecule has 0 bridgehead atoms. The summed E-state index contributed by atoms with van der Waals surface area (Å²) in [4.78, 5) is 10.9. The highest BCUT2D eigenvalue weighted by molar-refractivity contribution is 5.76. The van der Waals surface area contributed by atoms with Crippen molar-refractivity contribution in [3.8, 4) is 0 Å². The number of aromatic nitrogens is 1. The summed E-state index contributed by atoms with van der Waals surface area (Å²) in [5, 5.41) is 0. The predicted molar refractivity (Wildman–Crippen MR) is 64.6 cm³/mol. The molecular weight excluding hydrogens is 202 g/mol. The lowest BCUT2D eigenvalue weighted by Crippen LogP contribution is -2.24. The van der Waals surface area contributed by atoms with E-state index < -0.39 is 0 Å². The molecule has 2 unspecified atom stereocenters. The molecule has 0 saturated carbocycles. The Labute approximate surface area is 96.6 Å². The number of hydrogen-bond acceptors (Lipinski definition) is 2. The van der Waals surface area contributed by atoms with E-state index in [1.807, 2.05) is 30.0 Å². The highest BCUT2D eigenvalue weighted by Crippen LogP contribution is 2.19. The lowest BCUT2D eigenvalue weighted by Gasteiger charge is -2.14. The number of nitrogens with two attached hydrogens (primary N) is 2. The van der Waals surface area contributed by atoms with E-state index in [0.717, 1.165) is 5.56 Å². The summed E-state index contributed by atoms with van der Waals surface area (Å²) in [5.74, 6) is -0.0247. The number of hydrogen-bond donors (Lipinski definition) is 2. The predicted octanol–water partition coefficient (Wildman–Crippen LogP) is 1.27. The van der Waals surface area contributed by atoms with Gasteiger partial charge in [-0.3, -0.25) is 4.79 Å². The Bertz CT molecular complexity index is 357. The van der Waals surface area contributed by atoms with Gasteiger partial charge < -0.3 is 16.0 Å². The fourth-order valence-electron chi connectivity index (χ4n) is 1.56. The van der Waals surface area contributed by atoms with E-state index in [1.54, 1.807) is 0 Å². The average molecular weight is 223 g/mol. The molecule has 1 aromatic heterocycles. The summed E-state index contributed by atoms with van der Waals surface area (Å²) in [6, 6.07) is 2.04. The zero-order valence-electron chi connectivity index (χ0n) is 10.2. The maximum atomic E-state index is 10.9. The summed E-state index contributed by atoms with van der Waals surface area (Å²) in [6.07, 6.45) is 3.93. The molecule has 1 heterocycles. The van der Waals surface area contributed by atoms with E-state index in [0.29, 0.717) is 12.5 Å². The summed E-state index contributed by atoms with van der Waals surface area (Å²) < 4.78 is 1.97. The monoisotopic (exact) mass is 223 g/mol. The third-order valence-electron chi connectivity index (χ3n) is 2.85. The summed E-state index contributed by atoms with van der Waals surface area (Å²) >= 11 is 0. The van der Waals surface area contributed by atoms with Gasteiger partial charge >= 0.3 is 0 Å². The molecule has 1 rings (SSSR count). The molecule has 0 aliphatic heterocycles. The molecule has 2 atom stereocenters. The number of carbonyl (C=O) groups excluding carboxylic acids is 1. The van der Waals surface area contributed by atoms with Crippen LogP contribution in [0.25, 0.3) is 0 Å². The first-order chi connectivity index (χ1) is 7.41. The molecule has 1 aromatic rings. The Hall–Kier alpha value is -1.29. The van der Waals surface area contributed by atoms with Gasteiger partial charge in [0.1, 0.15) is 0 Å². The number of rotatable bonds is 5.